The number of hydrogen-bond acceptors (Lipinski definition) is 5. The highest BCUT2D eigenvalue weighted by Crippen LogP contribution is 2.12. The van der Waals surface area contributed by atoms with E-state index in [-0.39, 0.29) is 12.1 Å². The normalized spacial score (nSPS) is 22.7. The van der Waals surface area contributed by atoms with Crippen molar-refractivity contribution in [3.05, 3.63) is 0 Å². The van der Waals surface area contributed by atoms with Crippen molar-refractivity contribution >= 4 is 6.09 Å². The lowest BCUT2D eigenvalue weighted by atomic mass is 10.1. The Balaban J connectivity index is 2.45. The van der Waals surface area contributed by atoms with Crippen LogP contribution in [0.1, 0.15) is 27.2 Å². The van der Waals surface area contributed by atoms with Crippen molar-refractivity contribution in [1.29, 1.82) is 0 Å². The van der Waals surface area contributed by atoms with Gasteiger partial charge in [0.05, 0.1) is 0 Å². The average Bonchev–Trinajstić information content (AvgIpc) is 2.27. The lowest BCUT2D eigenvalue weighted by Gasteiger charge is -2.35. The summed E-state index contributed by atoms with van der Waals surface area (Å²) in [7, 11) is 1.46. The molecular weight excluding hydrogens is 236 g/mol. The van der Waals surface area contributed by atoms with Crippen LogP contribution >= 0.6 is 0 Å². The Bertz CT molecular complexity index is 278. The van der Waals surface area contributed by atoms with Crippen molar-refractivity contribution in [2.45, 2.75) is 45.1 Å². The standard InChI is InChI=1S/C12H24N2O4/c1-12(2,3)18-11(16)14-6-5-13-9(8-14)7-10(15)17-4/h9-10,13,15H,5-8H2,1-4H3. The molecule has 1 saturated heterocycles. The molecule has 0 aliphatic carbocycles. The summed E-state index contributed by atoms with van der Waals surface area (Å²) in [6.07, 6.45) is -0.655. The molecule has 106 valence electrons. The van der Waals surface area contributed by atoms with Crippen LogP contribution in [0.3, 0.4) is 0 Å². The fourth-order valence-electron chi connectivity index (χ4n) is 1.82. The third-order valence-corrected chi connectivity index (χ3v) is 2.67. The van der Waals surface area contributed by atoms with Crippen molar-refractivity contribution < 1.29 is 19.4 Å². The van der Waals surface area contributed by atoms with E-state index in [2.05, 4.69) is 5.32 Å². The number of amides is 1. The number of piperazine rings is 1. The molecule has 0 aromatic rings. The number of aliphatic hydroxyl groups excluding tert-OH is 1. The number of hydrogen-bond donors (Lipinski definition) is 2. The highest BCUT2D eigenvalue weighted by atomic mass is 16.6. The fraction of sp³-hybridized carbons (Fsp3) is 0.917. The summed E-state index contributed by atoms with van der Waals surface area (Å²) in [5.41, 5.74) is -0.483. The van der Waals surface area contributed by atoms with Crippen LogP contribution in [0, 0.1) is 0 Å². The second-order valence-electron chi connectivity index (χ2n) is 5.50. The minimum Gasteiger partial charge on any atom is -0.444 e. The molecule has 0 spiro atoms. The summed E-state index contributed by atoms with van der Waals surface area (Å²) >= 11 is 0. The zero-order valence-electron chi connectivity index (χ0n) is 11.6. The van der Waals surface area contributed by atoms with E-state index in [4.69, 9.17) is 9.47 Å². The summed E-state index contributed by atoms with van der Waals surface area (Å²) in [5, 5.41) is 12.7. The van der Waals surface area contributed by atoms with Crippen LogP contribution in [-0.4, -0.2) is 60.8 Å². The summed E-state index contributed by atoms with van der Waals surface area (Å²) in [4.78, 5) is 13.6. The van der Waals surface area contributed by atoms with E-state index in [1.165, 1.54) is 7.11 Å². The maximum absolute atomic E-state index is 11.9. The van der Waals surface area contributed by atoms with Gasteiger partial charge in [-0.2, -0.15) is 0 Å². The molecule has 1 amide bonds. The zero-order chi connectivity index (χ0) is 13.8. The predicted octanol–water partition coefficient (Wildman–Crippen LogP) is 0.550. The molecule has 6 nitrogen and oxygen atoms in total. The van der Waals surface area contributed by atoms with Gasteiger partial charge >= 0.3 is 6.09 Å². The first kappa shape index (κ1) is 15.2. The van der Waals surface area contributed by atoms with Crippen molar-refractivity contribution in [2.75, 3.05) is 26.7 Å². The molecule has 0 aromatic heterocycles. The zero-order valence-corrected chi connectivity index (χ0v) is 11.6. The van der Waals surface area contributed by atoms with Crippen LogP contribution in [0.2, 0.25) is 0 Å². The van der Waals surface area contributed by atoms with Crippen molar-refractivity contribution in [3.63, 3.8) is 0 Å². The van der Waals surface area contributed by atoms with Gasteiger partial charge in [-0.25, -0.2) is 4.79 Å². The van der Waals surface area contributed by atoms with Gasteiger partial charge in [0.25, 0.3) is 0 Å². The first-order chi connectivity index (χ1) is 8.31. The van der Waals surface area contributed by atoms with Crippen molar-refractivity contribution in [2.24, 2.45) is 0 Å². The van der Waals surface area contributed by atoms with E-state index in [9.17, 15) is 9.90 Å². The third kappa shape index (κ3) is 5.20. The lowest BCUT2D eigenvalue weighted by Crippen LogP contribution is -2.54. The number of methoxy groups -OCH3 is 1. The Labute approximate surface area is 108 Å². The van der Waals surface area contributed by atoms with Crippen LogP contribution in [-0.2, 0) is 9.47 Å². The molecule has 1 fully saturated rings. The Hall–Kier alpha value is -0.850. The molecule has 1 aliphatic rings. The molecule has 18 heavy (non-hydrogen) atoms. The van der Waals surface area contributed by atoms with Gasteiger partial charge in [0.1, 0.15) is 5.60 Å². The van der Waals surface area contributed by atoms with Crippen LogP contribution in [0.5, 0.6) is 0 Å². The van der Waals surface area contributed by atoms with Crippen LogP contribution in [0.25, 0.3) is 0 Å². The van der Waals surface area contributed by atoms with Gasteiger partial charge in [0.2, 0.25) is 0 Å². The minimum atomic E-state index is -0.805. The first-order valence-electron chi connectivity index (χ1n) is 6.24. The van der Waals surface area contributed by atoms with Crippen LogP contribution in [0.15, 0.2) is 0 Å². The number of nitrogens with zero attached hydrogens (tertiary/aromatic N) is 1. The molecule has 0 saturated carbocycles. The van der Waals surface area contributed by atoms with E-state index in [0.717, 1.165) is 0 Å². The molecule has 2 unspecified atom stereocenters. The van der Waals surface area contributed by atoms with Gasteiger partial charge in [0, 0.05) is 39.2 Å². The van der Waals surface area contributed by atoms with Crippen LogP contribution < -0.4 is 5.32 Å². The molecule has 2 N–H and O–H groups in total. The van der Waals surface area contributed by atoms with Gasteiger partial charge in [-0.1, -0.05) is 0 Å². The Morgan fingerprint density at radius 2 is 2.22 bits per heavy atom. The highest BCUT2D eigenvalue weighted by molar-refractivity contribution is 5.68. The Morgan fingerprint density at radius 1 is 1.56 bits per heavy atom. The Kier molecular flexibility index (Phi) is 5.37. The van der Waals surface area contributed by atoms with E-state index in [0.29, 0.717) is 26.1 Å². The van der Waals surface area contributed by atoms with E-state index in [1.54, 1.807) is 4.90 Å². The average molecular weight is 260 g/mol. The molecule has 2 atom stereocenters. The molecule has 6 heteroatoms. The predicted molar refractivity (Wildman–Crippen MR) is 67.2 cm³/mol. The smallest absolute Gasteiger partial charge is 0.410 e. The molecule has 1 rings (SSSR count). The largest absolute Gasteiger partial charge is 0.444 e. The van der Waals surface area contributed by atoms with Gasteiger partial charge in [-0.3, -0.25) is 0 Å². The van der Waals surface area contributed by atoms with Crippen molar-refractivity contribution in [3.8, 4) is 0 Å². The number of aliphatic hydroxyl groups is 1. The minimum absolute atomic E-state index is 0.0289. The van der Waals surface area contributed by atoms with Crippen molar-refractivity contribution in [1.82, 2.24) is 10.2 Å². The molecule has 0 radical (unpaired) electrons. The number of ether oxygens (including phenoxy) is 2. The van der Waals surface area contributed by atoms with E-state index in [1.807, 2.05) is 20.8 Å². The quantitative estimate of drug-likeness (QED) is 0.725. The maximum atomic E-state index is 11.9. The SMILES string of the molecule is COC(O)CC1CN(C(=O)OC(C)(C)C)CCN1. The van der Waals surface area contributed by atoms with Gasteiger partial charge in [0.15, 0.2) is 6.29 Å². The van der Waals surface area contributed by atoms with Gasteiger partial charge in [-0.15, -0.1) is 0 Å². The Morgan fingerprint density at radius 3 is 2.78 bits per heavy atom. The topological polar surface area (TPSA) is 71.0 Å². The number of carbonyl (C=O) groups is 1. The first-order valence-corrected chi connectivity index (χ1v) is 6.24. The highest BCUT2D eigenvalue weighted by Gasteiger charge is 2.28. The third-order valence-electron chi connectivity index (χ3n) is 2.67. The van der Waals surface area contributed by atoms with E-state index >= 15 is 0 Å². The summed E-state index contributed by atoms with van der Waals surface area (Å²) < 4.78 is 10.1. The molecule has 0 aromatic carbocycles. The monoisotopic (exact) mass is 260 g/mol. The number of carbonyl (C=O) groups excluding carboxylic acids is 1. The fourth-order valence-corrected chi connectivity index (χ4v) is 1.82. The maximum Gasteiger partial charge on any atom is 0.410 e. The van der Waals surface area contributed by atoms with Gasteiger partial charge in [-0.05, 0) is 20.8 Å². The van der Waals surface area contributed by atoms with Crippen LogP contribution in [0.4, 0.5) is 4.79 Å². The molecule has 1 heterocycles. The number of rotatable bonds is 3. The second-order valence-corrected chi connectivity index (χ2v) is 5.50. The summed E-state index contributed by atoms with van der Waals surface area (Å²) in [6, 6.07) is 0.0289. The summed E-state index contributed by atoms with van der Waals surface area (Å²) in [6.45, 7) is 7.38. The molecular formula is C12H24N2O4. The molecule has 1 aliphatic heterocycles. The second kappa shape index (κ2) is 6.36. The summed E-state index contributed by atoms with van der Waals surface area (Å²) in [5.74, 6) is 0. The van der Waals surface area contributed by atoms with E-state index < -0.39 is 11.9 Å². The lowest BCUT2D eigenvalue weighted by molar-refractivity contribution is -0.0864. The number of nitrogens with one attached hydrogen (secondary N) is 1. The molecule has 0 bridgehead atoms. The van der Waals surface area contributed by atoms with Gasteiger partial charge < -0.3 is 24.8 Å².